The molecule has 0 aliphatic heterocycles. The van der Waals surface area contributed by atoms with Gasteiger partial charge in [0, 0.05) is 5.56 Å². The molecule has 160 valence electrons. The molecule has 0 saturated heterocycles. The minimum atomic E-state index is -4.54. The summed E-state index contributed by atoms with van der Waals surface area (Å²) >= 11 is 1.04. The van der Waals surface area contributed by atoms with E-state index in [0.29, 0.717) is 16.0 Å². The van der Waals surface area contributed by atoms with E-state index < -0.39 is 11.7 Å². The van der Waals surface area contributed by atoms with E-state index in [0.717, 1.165) is 28.2 Å². The Morgan fingerprint density at radius 3 is 2.53 bits per heavy atom. The van der Waals surface area contributed by atoms with Gasteiger partial charge in [-0.25, -0.2) is 4.98 Å². The lowest BCUT2D eigenvalue weighted by Crippen LogP contribution is -2.30. The number of nitrogens with zero attached hydrogens (tertiary/aromatic N) is 2. The SMILES string of the molecule is O=C(c1ccc2ccccc2c1)N(Cc1ccco1)c1nc2c(C(F)(F)F)cccc2s1. The molecule has 5 rings (SSSR count). The van der Waals surface area contributed by atoms with Crippen LogP contribution in [0.1, 0.15) is 21.7 Å². The van der Waals surface area contributed by atoms with E-state index >= 15 is 0 Å². The molecule has 5 aromatic rings. The number of benzene rings is 3. The minimum absolute atomic E-state index is 0.0415. The van der Waals surface area contributed by atoms with Gasteiger partial charge in [-0.05, 0) is 47.2 Å². The average Bonchev–Trinajstić information content (AvgIpc) is 3.45. The monoisotopic (exact) mass is 452 g/mol. The standard InChI is InChI=1S/C24H15F3N2O2S/c25-24(26,27)19-8-3-9-20-21(19)28-23(32-20)29(14-18-7-4-12-31-18)22(30)17-11-10-15-5-1-2-6-16(15)13-17/h1-13H,14H2. The molecule has 0 fully saturated rings. The maximum Gasteiger partial charge on any atom is 0.418 e. The molecule has 0 saturated carbocycles. The fourth-order valence-corrected chi connectivity index (χ4v) is 4.53. The quantitative estimate of drug-likeness (QED) is 0.298. The van der Waals surface area contributed by atoms with Crippen LogP contribution in [0.2, 0.25) is 0 Å². The molecular formula is C24H15F3N2O2S. The molecule has 8 heteroatoms. The Kier molecular flexibility index (Phi) is 4.94. The Balaban J connectivity index is 1.61. The minimum Gasteiger partial charge on any atom is -0.467 e. The van der Waals surface area contributed by atoms with Gasteiger partial charge in [-0.1, -0.05) is 47.7 Å². The highest BCUT2D eigenvalue weighted by molar-refractivity contribution is 7.22. The van der Waals surface area contributed by atoms with Crippen LogP contribution in [0.5, 0.6) is 0 Å². The van der Waals surface area contributed by atoms with Gasteiger partial charge in [-0.3, -0.25) is 9.69 Å². The van der Waals surface area contributed by atoms with Crippen molar-refractivity contribution in [3.8, 4) is 0 Å². The lowest BCUT2D eigenvalue weighted by atomic mass is 10.1. The first-order chi connectivity index (χ1) is 15.4. The Morgan fingerprint density at radius 2 is 1.78 bits per heavy atom. The van der Waals surface area contributed by atoms with Crippen LogP contribution in [0.3, 0.4) is 0 Å². The second-order valence-corrected chi connectivity index (χ2v) is 8.19. The molecule has 32 heavy (non-hydrogen) atoms. The first kappa shape index (κ1) is 20.3. The van der Waals surface area contributed by atoms with Crippen molar-refractivity contribution in [1.29, 1.82) is 0 Å². The summed E-state index contributed by atoms with van der Waals surface area (Å²) in [5.74, 6) is 0.120. The first-order valence-corrected chi connectivity index (χ1v) is 10.5. The van der Waals surface area contributed by atoms with E-state index in [2.05, 4.69) is 4.98 Å². The van der Waals surface area contributed by atoms with Crippen molar-refractivity contribution in [1.82, 2.24) is 4.98 Å². The Morgan fingerprint density at radius 1 is 0.969 bits per heavy atom. The number of carbonyl (C=O) groups excluding carboxylic acids is 1. The van der Waals surface area contributed by atoms with E-state index in [1.54, 1.807) is 30.3 Å². The van der Waals surface area contributed by atoms with Gasteiger partial charge in [0.2, 0.25) is 0 Å². The van der Waals surface area contributed by atoms with E-state index in [-0.39, 0.29) is 23.1 Å². The summed E-state index contributed by atoms with van der Waals surface area (Å²) in [6.07, 6.45) is -3.06. The van der Waals surface area contributed by atoms with Crippen LogP contribution in [0, 0.1) is 0 Å². The number of furan rings is 1. The molecular weight excluding hydrogens is 437 g/mol. The summed E-state index contributed by atoms with van der Waals surface area (Å²) in [5, 5.41) is 2.04. The van der Waals surface area contributed by atoms with Crippen molar-refractivity contribution < 1.29 is 22.4 Å². The third-order valence-electron chi connectivity index (χ3n) is 5.08. The van der Waals surface area contributed by atoms with E-state index in [1.165, 1.54) is 17.2 Å². The highest BCUT2D eigenvalue weighted by Crippen LogP contribution is 2.39. The van der Waals surface area contributed by atoms with Crippen LogP contribution in [0.4, 0.5) is 18.3 Å². The summed E-state index contributed by atoms with van der Waals surface area (Å²) in [6.45, 7) is 0.0415. The summed E-state index contributed by atoms with van der Waals surface area (Å²) in [7, 11) is 0. The predicted octanol–water partition coefficient (Wildman–Crippen LogP) is 6.91. The van der Waals surface area contributed by atoms with Gasteiger partial charge >= 0.3 is 6.18 Å². The van der Waals surface area contributed by atoms with Gasteiger partial charge in [-0.2, -0.15) is 13.2 Å². The number of halogens is 3. The van der Waals surface area contributed by atoms with Crippen LogP contribution in [0.15, 0.2) is 83.5 Å². The Labute approximate surface area is 184 Å². The smallest absolute Gasteiger partial charge is 0.418 e. The number of fused-ring (bicyclic) bond motifs is 2. The topological polar surface area (TPSA) is 46.3 Å². The number of amides is 1. The van der Waals surface area contributed by atoms with Crippen molar-refractivity contribution in [3.05, 3.63) is 95.9 Å². The van der Waals surface area contributed by atoms with Crippen LogP contribution < -0.4 is 4.90 Å². The van der Waals surface area contributed by atoms with Gasteiger partial charge < -0.3 is 4.42 Å². The maximum atomic E-state index is 13.5. The molecule has 0 bridgehead atoms. The van der Waals surface area contributed by atoms with Crippen LogP contribution in [0.25, 0.3) is 21.0 Å². The van der Waals surface area contributed by atoms with Gasteiger partial charge in [0.25, 0.3) is 5.91 Å². The molecule has 0 spiro atoms. The number of thiazole rings is 1. The summed E-state index contributed by atoms with van der Waals surface area (Å²) in [6, 6.07) is 20.2. The lowest BCUT2D eigenvalue weighted by molar-refractivity contribution is -0.136. The molecule has 0 aliphatic rings. The fourth-order valence-electron chi connectivity index (χ4n) is 3.54. The number of anilines is 1. The van der Waals surface area contributed by atoms with Crippen molar-refractivity contribution in [2.45, 2.75) is 12.7 Å². The van der Waals surface area contributed by atoms with Crippen molar-refractivity contribution in [2.24, 2.45) is 0 Å². The number of para-hydroxylation sites is 1. The molecule has 1 amide bonds. The number of alkyl halides is 3. The number of carbonyl (C=O) groups is 1. The molecule has 0 atom stereocenters. The number of hydrogen-bond acceptors (Lipinski definition) is 4. The number of hydrogen-bond donors (Lipinski definition) is 0. The zero-order valence-corrected chi connectivity index (χ0v) is 17.3. The highest BCUT2D eigenvalue weighted by Gasteiger charge is 2.34. The maximum absolute atomic E-state index is 13.5. The Hall–Kier alpha value is -3.65. The normalized spacial score (nSPS) is 11.8. The fraction of sp³-hybridized carbons (Fsp3) is 0.0833. The van der Waals surface area contributed by atoms with Crippen LogP contribution in [-0.2, 0) is 12.7 Å². The molecule has 0 unspecified atom stereocenters. The molecule has 2 aromatic heterocycles. The predicted molar refractivity (Wildman–Crippen MR) is 118 cm³/mol. The molecule has 4 nitrogen and oxygen atoms in total. The largest absolute Gasteiger partial charge is 0.467 e. The first-order valence-electron chi connectivity index (χ1n) is 9.70. The van der Waals surface area contributed by atoms with E-state index in [1.807, 2.05) is 30.3 Å². The molecule has 0 N–H and O–H groups in total. The zero-order chi connectivity index (χ0) is 22.3. The summed E-state index contributed by atoms with van der Waals surface area (Å²) in [4.78, 5) is 19.1. The molecule has 3 aromatic carbocycles. The molecule has 0 aliphatic carbocycles. The second-order valence-electron chi connectivity index (χ2n) is 7.18. The van der Waals surface area contributed by atoms with E-state index in [9.17, 15) is 18.0 Å². The third kappa shape index (κ3) is 3.73. The van der Waals surface area contributed by atoms with E-state index in [4.69, 9.17) is 4.42 Å². The highest BCUT2D eigenvalue weighted by atomic mass is 32.1. The number of rotatable bonds is 4. The summed E-state index contributed by atoms with van der Waals surface area (Å²) < 4.78 is 46.2. The third-order valence-corrected chi connectivity index (χ3v) is 6.12. The van der Waals surface area contributed by atoms with Crippen LogP contribution in [-0.4, -0.2) is 10.9 Å². The van der Waals surface area contributed by atoms with Crippen molar-refractivity contribution in [3.63, 3.8) is 0 Å². The van der Waals surface area contributed by atoms with Gasteiger partial charge in [0.1, 0.15) is 5.76 Å². The van der Waals surface area contributed by atoms with Crippen LogP contribution >= 0.6 is 11.3 Å². The van der Waals surface area contributed by atoms with Gasteiger partial charge in [0.05, 0.1) is 28.6 Å². The van der Waals surface area contributed by atoms with Crippen molar-refractivity contribution >= 4 is 43.4 Å². The lowest BCUT2D eigenvalue weighted by Gasteiger charge is -2.19. The van der Waals surface area contributed by atoms with Crippen molar-refractivity contribution in [2.75, 3.05) is 4.90 Å². The van der Waals surface area contributed by atoms with Gasteiger partial charge in [0.15, 0.2) is 5.13 Å². The number of aromatic nitrogens is 1. The molecule has 2 heterocycles. The second kappa shape index (κ2) is 7.80. The van der Waals surface area contributed by atoms with Gasteiger partial charge in [-0.15, -0.1) is 0 Å². The average molecular weight is 452 g/mol. The summed E-state index contributed by atoms with van der Waals surface area (Å²) in [5.41, 5.74) is -0.588. The zero-order valence-electron chi connectivity index (χ0n) is 16.5. The molecule has 0 radical (unpaired) electrons. The Bertz CT molecular complexity index is 1420.